The number of aliphatic carboxylic acids is 1. The van der Waals surface area contributed by atoms with Gasteiger partial charge in [0.25, 0.3) is 0 Å². The van der Waals surface area contributed by atoms with Gasteiger partial charge in [0, 0.05) is 5.97 Å². The molecule has 92 valence electrons. The predicted octanol–water partition coefficient (Wildman–Crippen LogP) is 0.542. The fourth-order valence-electron chi connectivity index (χ4n) is 1.23. The molecule has 0 aromatic heterocycles. The van der Waals surface area contributed by atoms with Crippen LogP contribution in [-0.4, -0.2) is 19.1 Å². The van der Waals surface area contributed by atoms with Crippen LogP contribution in [0.15, 0.2) is 0 Å². The highest BCUT2D eigenvalue weighted by Crippen LogP contribution is 2.10. The van der Waals surface area contributed by atoms with Gasteiger partial charge >= 0.3 is 0 Å². The number of nitrogens with two attached hydrogens (primary N) is 1. The minimum absolute atomic E-state index is 0.222. The zero-order chi connectivity index (χ0) is 12.1. The summed E-state index contributed by atoms with van der Waals surface area (Å²) < 4.78 is 0. The summed E-state index contributed by atoms with van der Waals surface area (Å²) in [5.41, 5.74) is 0. The first-order chi connectivity index (χ1) is 7.13. The lowest BCUT2D eigenvalue weighted by molar-refractivity contribution is -0.648. The Labute approximate surface area is 94.3 Å². The van der Waals surface area contributed by atoms with Gasteiger partial charge in [0.2, 0.25) is 0 Å². The van der Waals surface area contributed by atoms with Crippen molar-refractivity contribution in [3.8, 4) is 0 Å². The molecule has 0 heterocycles. The van der Waals surface area contributed by atoms with Crippen LogP contribution in [0.5, 0.6) is 0 Å². The average Bonchev–Trinajstić information content (AvgIpc) is 2.20. The molecule has 0 aliphatic heterocycles. The second-order valence-electron chi connectivity index (χ2n) is 3.67. The molecule has 0 fully saturated rings. The average molecular weight is 217 g/mol. The lowest BCUT2D eigenvalue weighted by atomic mass is 10.00. The predicted molar refractivity (Wildman–Crippen MR) is 61.3 cm³/mol. The van der Waals surface area contributed by atoms with Crippen molar-refractivity contribution in [2.24, 2.45) is 5.92 Å². The molecule has 0 aliphatic carbocycles. The summed E-state index contributed by atoms with van der Waals surface area (Å²) in [6.07, 6.45) is 3.52. The Bertz CT molecular complexity index is 136. The molecule has 0 rings (SSSR count). The minimum Gasteiger partial charge on any atom is -0.550 e. The highest BCUT2D eigenvalue weighted by Gasteiger charge is 2.04. The number of carbonyl (C=O) groups excluding carboxylic acids is 1. The van der Waals surface area contributed by atoms with Gasteiger partial charge in [-0.1, -0.05) is 26.7 Å². The highest BCUT2D eigenvalue weighted by atomic mass is 16.4. The first-order valence-corrected chi connectivity index (χ1v) is 6.16. The van der Waals surface area contributed by atoms with Crippen LogP contribution in [0.4, 0.5) is 0 Å². The minimum atomic E-state index is -0.893. The Balaban J connectivity index is 0. The summed E-state index contributed by atoms with van der Waals surface area (Å²) in [5, 5.41) is 12.6. The molecular weight excluding hydrogens is 190 g/mol. The first-order valence-electron chi connectivity index (χ1n) is 6.16. The summed E-state index contributed by atoms with van der Waals surface area (Å²) in [6, 6.07) is 0. The van der Waals surface area contributed by atoms with E-state index in [4.69, 9.17) is 0 Å². The molecule has 1 unspecified atom stereocenters. The SMILES string of the molecule is CCCCC(CC)C(=O)[O-].CC[NH2+]CC. The van der Waals surface area contributed by atoms with E-state index < -0.39 is 5.97 Å². The van der Waals surface area contributed by atoms with Crippen LogP contribution in [0, 0.1) is 5.92 Å². The summed E-state index contributed by atoms with van der Waals surface area (Å²) in [6.45, 7) is 10.7. The zero-order valence-corrected chi connectivity index (χ0v) is 10.7. The smallest absolute Gasteiger partial charge is 0.0726 e. The molecule has 2 N–H and O–H groups in total. The fourth-order valence-corrected chi connectivity index (χ4v) is 1.23. The van der Waals surface area contributed by atoms with Crippen molar-refractivity contribution in [1.29, 1.82) is 0 Å². The van der Waals surface area contributed by atoms with Crippen molar-refractivity contribution < 1.29 is 15.2 Å². The third-order valence-electron chi connectivity index (χ3n) is 2.31. The third kappa shape index (κ3) is 13.4. The van der Waals surface area contributed by atoms with Gasteiger partial charge in [-0.25, -0.2) is 0 Å². The van der Waals surface area contributed by atoms with Gasteiger partial charge in [0.05, 0.1) is 13.1 Å². The zero-order valence-electron chi connectivity index (χ0n) is 10.7. The van der Waals surface area contributed by atoms with E-state index >= 15 is 0 Å². The fraction of sp³-hybridized carbons (Fsp3) is 0.917. The van der Waals surface area contributed by atoms with E-state index in [9.17, 15) is 9.90 Å². The molecule has 1 atom stereocenters. The molecule has 3 nitrogen and oxygen atoms in total. The van der Waals surface area contributed by atoms with E-state index in [0.717, 1.165) is 19.3 Å². The molecule has 0 aromatic rings. The van der Waals surface area contributed by atoms with Crippen LogP contribution in [-0.2, 0) is 4.79 Å². The summed E-state index contributed by atoms with van der Waals surface area (Å²) in [7, 11) is 0. The Morgan fingerprint density at radius 2 is 1.73 bits per heavy atom. The second-order valence-corrected chi connectivity index (χ2v) is 3.67. The molecule has 0 amide bonds. The van der Waals surface area contributed by atoms with Crippen molar-refractivity contribution in [3.63, 3.8) is 0 Å². The lowest BCUT2D eigenvalue weighted by Gasteiger charge is -2.14. The molecule has 15 heavy (non-hydrogen) atoms. The van der Waals surface area contributed by atoms with Gasteiger partial charge in [-0.3, -0.25) is 0 Å². The lowest BCUT2D eigenvalue weighted by Crippen LogP contribution is -2.82. The van der Waals surface area contributed by atoms with Gasteiger partial charge in [-0.2, -0.15) is 0 Å². The Hall–Kier alpha value is -0.570. The molecule has 3 heteroatoms. The molecule has 0 aromatic carbocycles. The normalized spacial score (nSPS) is 11.5. The van der Waals surface area contributed by atoms with Crippen molar-refractivity contribution in [3.05, 3.63) is 0 Å². The Kier molecular flexibility index (Phi) is 15.1. The second kappa shape index (κ2) is 13.4. The van der Waals surface area contributed by atoms with Crippen LogP contribution in [0.3, 0.4) is 0 Å². The maximum atomic E-state index is 10.3. The van der Waals surface area contributed by atoms with Crippen molar-refractivity contribution in [2.75, 3.05) is 13.1 Å². The first kappa shape index (κ1) is 16.8. The quantitative estimate of drug-likeness (QED) is 0.677. The number of quaternary nitrogens is 1. The van der Waals surface area contributed by atoms with Crippen molar-refractivity contribution in [2.45, 2.75) is 53.4 Å². The van der Waals surface area contributed by atoms with E-state index in [1.165, 1.54) is 13.1 Å². The number of rotatable bonds is 7. The van der Waals surface area contributed by atoms with E-state index in [-0.39, 0.29) is 5.92 Å². The van der Waals surface area contributed by atoms with Crippen LogP contribution in [0.1, 0.15) is 53.4 Å². The Morgan fingerprint density at radius 3 is 1.93 bits per heavy atom. The van der Waals surface area contributed by atoms with Crippen LogP contribution in [0.2, 0.25) is 0 Å². The number of carboxylic acids is 1. The van der Waals surface area contributed by atoms with Crippen LogP contribution >= 0.6 is 0 Å². The molecule has 0 bridgehead atoms. The molecule has 0 spiro atoms. The highest BCUT2D eigenvalue weighted by molar-refractivity contribution is 5.67. The van der Waals surface area contributed by atoms with E-state index in [1.807, 2.05) is 6.92 Å². The number of hydrogen-bond donors (Lipinski definition) is 1. The number of unbranched alkanes of at least 4 members (excludes halogenated alkanes) is 1. The third-order valence-corrected chi connectivity index (χ3v) is 2.31. The monoisotopic (exact) mass is 217 g/mol. The number of hydrogen-bond acceptors (Lipinski definition) is 2. The van der Waals surface area contributed by atoms with Gasteiger partial charge in [0.1, 0.15) is 0 Å². The number of carboxylic acid groups (broad SMARTS) is 1. The van der Waals surface area contributed by atoms with E-state index in [0.29, 0.717) is 6.42 Å². The van der Waals surface area contributed by atoms with E-state index in [2.05, 4.69) is 26.1 Å². The van der Waals surface area contributed by atoms with Gasteiger partial charge in [-0.05, 0) is 32.6 Å². The molecule has 0 radical (unpaired) electrons. The molecule has 0 saturated heterocycles. The van der Waals surface area contributed by atoms with Gasteiger partial charge in [-0.15, -0.1) is 0 Å². The van der Waals surface area contributed by atoms with Crippen LogP contribution in [0.25, 0.3) is 0 Å². The largest absolute Gasteiger partial charge is 0.550 e. The molecule has 0 saturated carbocycles. The standard InChI is InChI=1S/C8H16O2.C4H11N/c1-3-5-6-7(4-2)8(9)10;1-3-5-4-2/h7H,3-6H2,1-2H3,(H,9,10);5H,3-4H2,1-2H3. The number of carbonyl (C=O) groups is 1. The molecule has 0 aliphatic rings. The van der Waals surface area contributed by atoms with Crippen molar-refractivity contribution >= 4 is 5.97 Å². The summed E-state index contributed by atoms with van der Waals surface area (Å²) >= 11 is 0. The van der Waals surface area contributed by atoms with Crippen LogP contribution < -0.4 is 10.4 Å². The topological polar surface area (TPSA) is 56.7 Å². The Morgan fingerprint density at radius 1 is 1.20 bits per heavy atom. The summed E-state index contributed by atoms with van der Waals surface area (Å²) in [5.74, 6) is -1.11. The van der Waals surface area contributed by atoms with Crippen molar-refractivity contribution in [1.82, 2.24) is 0 Å². The van der Waals surface area contributed by atoms with Gasteiger partial charge in [0.15, 0.2) is 0 Å². The van der Waals surface area contributed by atoms with Gasteiger partial charge < -0.3 is 15.2 Å². The van der Waals surface area contributed by atoms with E-state index in [1.54, 1.807) is 0 Å². The summed E-state index contributed by atoms with van der Waals surface area (Å²) in [4.78, 5) is 10.3. The maximum absolute atomic E-state index is 10.3. The maximum Gasteiger partial charge on any atom is 0.0726 e. The molecular formula is C12H27NO2.